The number of hydrogen-bond donors (Lipinski definition) is 0. The largest absolute Gasteiger partial charge is 0.465 e. The molecule has 0 bridgehead atoms. The SMILES string of the molecule is COC(=O)c1ccc2nc(-c3cccc(F)c3)sc2c1. The van der Waals surface area contributed by atoms with Crippen molar-refractivity contribution in [2.24, 2.45) is 0 Å². The summed E-state index contributed by atoms with van der Waals surface area (Å²) < 4.78 is 18.8. The van der Waals surface area contributed by atoms with Gasteiger partial charge in [-0.2, -0.15) is 0 Å². The third-order valence-corrected chi connectivity index (χ3v) is 3.95. The molecule has 0 radical (unpaired) electrons. The van der Waals surface area contributed by atoms with Gasteiger partial charge in [-0.1, -0.05) is 12.1 Å². The summed E-state index contributed by atoms with van der Waals surface area (Å²) in [6.45, 7) is 0. The zero-order valence-electron chi connectivity index (χ0n) is 10.6. The summed E-state index contributed by atoms with van der Waals surface area (Å²) in [6, 6.07) is 11.5. The Morgan fingerprint density at radius 1 is 1.25 bits per heavy atom. The van der Waals surface area contributed by atoms with E-state index in [4.69, 9.17) is 0 Å². The van der Waals surface area contributed by atoms with Crippen molar-refractivity contribution in [1.82, 2.24) is 4.98 Å². The number of thiazole rings is 1. The fourth-order valence-electron chi connectivity index (χ4n) is 1.91. The van der Waals surface area contributed by atoms with Crippen LogP contribution in [0, 0.1) is 5.82 Å². The molecular formula is C15H10FNO2S. The van der Waals surface area contributed by atoms with E-state index in [0.717, 1.165) is 20.8 Å². The summed E-state index contributed by atoms with van der Waals surface area (Å²) in [6.07, 6.45) is 0. The number of benzene rings is 2. The Morgan fingerprint density at radius 2 is 2.10 bits per heavy atom. The van der Waals surface area contributed by atoms with E-state index in [9.17, 15) is 9.18 Å². The van der Waals surface area contributed by atoms with Gasteiger partial charge in [-0.05, 0) is 30.3 Å². The van der Waals surface area contributed by atoms with Gasteiger partial charge in [0.15, 0.2) is 0 Å². The average molecular weight is 287 g/mol. The fourth-order valence-corrected chi connectivity index (χ4v) is 2.92. The minimum atomic E-state index is -0.382. The molecule has 0 saturated carbocycles. The van der Waals surface area contributed by atoms with Crippen LogP contribution in [0.1, 0.15) is 10.4 Å². The van der Waals surface area contributed by atoms with Crippen molar-refractivity contribution in [1.29, 1.82) is 0 Å². The molecule has 5 heteroatoms. The summed E-state index contributed by atoms with van der Waals surface area (Å²) >= 11 is 1.42. The summed E-state index contributed by atoms with van der Waals surface area (Å²) in [5.74, 6) is -0.676. The first-order chi connectivity index (χ1) is 9.67. The Morgan fingerprint density at radius 3 is 2.85 bits per heavy atom. The van der Waals surface area contributed by atoms with Gasteiger partial charge in [0.1, 0.15) is 10.8 Å². The van der Waals surface area contributed by atoms with Crippen LogP contribution in [0.4, 0.5) is 4.39 Å². The second kappa shape index (κ2) is 5.02. The predicted octanol–water partition coefficient (Wildman–Crippen LogP) is 3.89. The van der Waals surface area contributed by atoms with Crippen molar-refractivity contribution in [3.8, 4) is 10.6 Å². The summed E-state index contributed by atoms with van der Waals surface area (Å²) in [4.78, 5) is 15.9. The number of hydrogen-bond acceptors (Lipinski definition) is 4. The Kier molecular flexibility index (Phi) is 3.20. The Bertz CT molecular complexity index is 797. The van der Waals surface area contributed by atoms with E-state index < -0.39 is 0 Å². The van der Waals surface area contributed by atoms with Crippen LogP contribution in [0.15, 0.2) is 42.5 Å². The molecule has 0 spiro atoms. The predicted molar refractivity (Wildman–Crippen MR) is 76.4 cm³/mol. The number of nitrogens with zero attached hydrogens (tertiary/aromatic N) is 1. The van der Waals surface area contributed by atoms with Crippen LogP contribution in [0.25, 0.3) is 20.8 Å². The van der Waals surface area contributed by atoms with Gasteiger partial charge in [0.2, 0.25) is 0 Å². The first kappa shape index (κ1) is 12.7. The lowest BCUT2D eigenvalue weighted by Crippen LogP contribution is -1.99. The van der Waals surface area contributed by atoms with Gasteiger partial charge in [0, 0.05) is 5.56 Å². The first-order valence-electron chi connectivity index (χ1n) is 5.92. The van der Waals surface area contributed by atoms with Gasteiger partial charge < -0.3 is 4.74 Å². The standard InChI is InChI=1S/C15H10FNO2S/c1-19-15(18)10-5-6-12-13(8-10)20-14(17-12)9-3-2-4-11(16)7-9/h2-8H,1H3. The molecule has 0 aliphatic heterocycles. The van der Waals surface area contributed by atoms with E-state index >= 15 is 0 Å². The van der Waals surface area contributed by atoms with E-state index in [1.807, 2.05) is 6.07 Å². The molecule has 3 nitrogen and oxygen atoms in total. The number of ether oxygens (including phenoxy) is 1. The van der Waals surface area contributed by atoms with Crippen LogP contribution in [0.2, 0.25) is 0 Å². The Balaban J connectivity index is 2.09. The van der Waals surface area contributed by atoms with Gasteiger partial charge in [0.05, 0.1) is 22.9 Å². The number of esters is 1. The molecule has 3 rings (SSSR count). The Hall–Kier alpha value is -2.27. The second-order valence-corrected chi connectivity index (χ2v) is 5.23. The smallest absolute Gasteiger partial charge is 0.337 e. The highest BCUT2D eigenvalue weighted by molar-refractivity contribution is 7.21. The molecule has 0 fully saturated rings. The molecule has 100 valence electrons. The molecule has 3 aromatic rings. The number of methoxy groups -OCH3 is 1. The Labute approximate surface area is 118 Å². The van der Waals surface area contributed by atoms with Crippen molar-refractivity contribution in [3.63, 3.8) is 0 Å². The van der Waals surface area contributed by atoms with Gasteiger partial charge in [-0.3, -0.25) is 0 Å². The molecule has 2 aromatic carbocycles. The van der Waals surface area contributed by atoms with Crippen LogP contribution >= 0.6 is 11.3 Å². The summed E-state index contributed by atoms with van der Waals surface area (Å²) in [5, 5.41) is 0.724. The van der Waals surface area contributed by atoms with Crippen LogP contribution in [-0.2, 0) is 4.74 Å². The lowest BCUT2D eigenvalue weighted by molar-refractivity contribution is 0.0601. The molecular weight excluding hydrogens is 277 g/mol. The van der Waals surface area contributed by atoms with Gasteiger partial charge in [-0.25, -0.2) is 14.2 Å². The van der Waals surface area contributed by atoms with Gasteiger partial charge in [-0.15, -0.1) is 11.3 Å². The highest BCUT2D eigenvalue weighted by Crippen LogP contribution is 2.31. The van der Waals surface area contributed by atoms with Crippen LogP contribution in [0.5, 0.6) is 0 Å². The maximum Gasteiger partial charge on any atom is 0.337 e. The van der Waals surface area contributed by atoms with E-state index in [-0.39, 0.29) is 11.8 Å². The number of fused-ring (bicyclic) bond motifs is 1. The van der Waals surface area contributed by atoms with Crippen molar-refractivity contribution in [2.45, 2.75) is 0 Å². The number of carbonyl (C=O) groups excluding carboxylic acids is 1. The third-order valence-electron chi connectivity index (χ3n) is 2.88. The van der Waals surface area contributed by atoms with Crippen LogP contribution < -0.4 is 0 Å². The summed E-state index contributed by atoms with van der Waals surface area (Å²) in [5.41, 5.74) is 1.99. The van der Waals surface area contributed by atoms with Crippen molar-refractivity contribution >= 4 is 27.5 Å². The molecule has 20 heavy (non-hydrogen) atoms. The second-order valence-electron chi connectivity index (χ2n) is 4.20. The molecule has 0 atom stereocenters. The van der Waals surface area contributed by atoms with E-state index in [2.05, 4.69) is 9.72 Å². The highest BCUT2D eigenvalue weighted by atomic mass is 32.1. The highest BCUT2D eigenvalue weighted by Gasteiger charge is 2.10. The normalized spacial score (nSPS) is 10.7. The topological polar surface area (TPSA) is 39.2 Å². The lowest BCUT2D eigenvalue weighted by Gasteiger charge is -1.97. The zero-order chi connectivity index (χ0) is 14.1. The minimum Gasteiger partial charge on any atom is -0.465 e. The fraction of sp³-hybridized carbons (Fsp3) is 0.0667. The maximum atomic E-state index is 13.2. The maximum absolute atomic E-state index is 13.2. The van der Waals surface area contributed by atoms with Gasteiger partial charge >= 0.3 is 5.97 Å². The van der Waals surface area contributed by atoms with E-state index in [1.54, 1.807) is 24.3 Å². The number of aromatic nitrogens is 1. The molecule has 0 saturated heterocycles. The van der Waals surface area contributed by atoms with Crippen molar-refractivity contribution in [2.75, 3.05) is 7.11 Å². The lowest BCUT2D eigenvalue weighted by atomic mass is 10.2. The van der Waals surface area contributed by atoms with Crippen LogP contribution in [-0.4, -0.2) is 18.1 Å². The molecule has 0 aliphatic carbocycles. The third kappa shape index (κ3) is 2.28. The van der Waals surface area contributed by atoms with Gasteiger partial charge in [0.25, 0.3) is 0 Å². The van der Waals surface area contributed by atoms with Crippen molar-refractivity contribution in [3.05, 3.63) is 53.8 Å². The molecule has 0 aliphatic rings. The zero-order valence-corrected chi connectivity index (χ0v) is 11.4. The molecule has 0 N–H and O–H groups in total. The monoisotopic (exact) mass is 287 g/mol. The number of halogens is 1. The van der Waals surface area contributed by atoms with E-state index in [1.165, 1.54) is 30.6 Å². The van der Waals surface area contributed by atoms with E-state index in [0.29, 0.717) is 5.56 Å². The molecule has 1 aromatic heterocycles. The molecule has 0 unspecified atom stereocenters. The molecule has 1 heterocycles. The number of carbonyl (C=O) groups is 1. The summed E-state index contributed by atoms with van der Waals surface area (Å²) in [7, 11) is 1.34. The number of rotatable bonds is 2. The first-order valence-corrected chi connectivity index (χ1v) is 6.74. The minimum absolute atomic E-state index is 0.294. The quantitative estimate of drug-likeness (QED) is 0.671. The molecule has 0 amide bonds. The van der Waals surface area contributed by atoms with Crippen molar-refractivity contribution < 1.29 is 13.9 Å². The average Bonchev–Trinajstić information content (AvgIpc) is 2.89. The van der Waals surface area contributed by atoms with Crippen LogP contribution in [0.3, 0.4) is 0 Å².